The summed E-state index contributed by atoms with van der Waals surface area (Å²) in [4.78, 5) is 29.3. The molecule has 1 aliphatic heterocycles. The summed E-state index contributed by atoms with van der Waals surface area (Å²) in [7, 11) is 0. The quantitative estimate of drug-likeness (QED) is 0.740. The summed E-state index contributed by atoms with van der Waals surface area (Å²) in [5.41, 5.74) is 3.10. The summed E-state index contributed by atoms with van der Waals surface area (Å²) < 4.78 is 13.2. The molecule has 1 heterocycles. The Labute approximate surface area is 184 Å². The lowest BCUT2D eigenvalue weighted by atomic mass is 9.96. The summed E-state index contributed by atoms with van der Waals surface area (Å²) >= 11 is 0. The van der Waals surface area contributed by atoms with E-state index in [4.69, 9.17) is 0 Å². The number of rotatable bonds is 7. The second-order valence-electron chi connectivity index (χ2n) is 8.60. The first kappa shape index (κ1) is 22.9. The van der Waals surface area contributed by atoms with Gasteiger partial charge in [-0.05, 0) is 41.7 Å². The molecule has 2 aromatic rings. The highest BCUT2D eigenvalue weighted by Crippen LogP contribution is 2.22. The molecule has 0 spiro atoms. The van der Waals surface area contributed by atoms with Crippen molar-refractivity contribution in [1.29, 1.82) is 0 Å². The molecule has 1 atom stereocenters. The molecule has 1 N–H and O–H groups in total. The van der Waals surface area contributed by atoms with Crippen LogP contribution in [0.25, 0.3) is 0 Å². The van der Waals surface area contributed by atoms with Crippen molar-refractivity contribution in [3.8, 4) is 0 Å². The second-order valence-corrected chi connectivity index (χ2v) is 8.60. The standard InChI is InChI=1S/C25H32FN3O2/c1-18(2)25(20-8-10-22(26)11-9-20)27-23(30)17-28-12-14-29(15-13-28)24(31)16-21-7-5-4-6-19(21)3/h4-11,18,25H,12-17H2,1-3H3,(H,27,30). The van der Waals surface area contributed by atoms with Crippen LogP contribution in [0.2, 0.25) is 0 Å². The summed E-state index contributed by atoms with van der Waals surface area (Å²) in [6.45, 7) is 9.00. The largest absolute Gasteiger partial charge is 0.348 e. The van der Waals surface area contributed by atoms with E-state index in [2.05, 4.69) is 10.2 Å². The van der Waals surface area contributed by atoms with E-state index in [0.717, 1.165) is 16.7 Å². The van der Waals surface area contributed by atoms with Gasteiger partial charge in [-0.3, -0.25) is 14.5 Å². The molecule has 0 radical (unpaired) electrons. The molecule has 0 bridgehead atoms. The molecule has 1 fully saturated rings. The molecule has 3 rings (SSSR count). The third-order valence-corrected chi connectivity index (χ3v) is 5.91. The van der Waals surface area contributed by atoms with Gasteiger partial charge < -0.3 is 10.2 Å². The van der Waals surface area contributed by atoms with Gasteiger partial charge in [-0.15, -0.1) is 0 Å². The third-order valence-electron chi connectivity index (χ3n) is 5.91. The van der Waals surface area contributed by atoms with Crippen LogP contribution >= 0.6 is 0 Å². The first-order valence-corrected chi connectivity index (χ1v) is 10.9. The van der Waals surface area contributed by atoms with Crippen LogP contribution in [0.4, 0.5) is 4.39 Å². The van der Waals surface area contributed by atoms with Crippen molar-refractivity contribution in [3.63, 3.8) is 0 Å². The zero-order valence-electron chi connectivity index (χ0n) is 18.6. The molecular weight excluding hydrogens is 393 g/mol. The molecule has 1 aliphatic rings. The van der Waals surface area contributed by atoms with Crippen LogP contribution in [0.5, 0.6) is 0 Å². The minimum absolute atomic E-state index is 0.0530. The predicted molar refractivity (Wildman–Crippen MR) is 120 cm³/mol. The van der Waals surface area contributed by atoms with Crippen LogP contribution in [0.15, 0.2) is 48.5 Å². The summed E-state index contributed by atoms with van der Waals surface area (Å²) in [5, 5.41) is 3.09. The molecule has 166 valence electrons. The molecule has 6 heteroatoms. The maximum atomic E-state index is 13.2. The number of nitrogens with one attached hydrogen (secondary N) is 1. The Hall–Kier alpha value is -2.73. The van der Waals surface area contributed by atoms with Crippen molar-refractivity contribution in [2.24, 2.45) is 5.92 Å². The maximum absolute atomic E-state index is 13.2. The number of nitrogens with zero attached hydrogens (tertiary/aromatic N) is 2. The van der Waals surface area contributed by atoms with E-state index in [-0.39, 0.29) is 29.6 Å². The van der Waals surface area contributed by atoms with Gasteiger partial charge in [0, 0.05) is 26.2 Å². The average molecular weight is 426 g/mol. The first-order valence-electron chi connectivity index (χ1n) is 10.9. The lowest BCUT2D eigenvalue weighted by Gasteiger charge is -2.35. The van der Waals surface area contributed by atoms with E-state index in [0.29, 0.717) is 39.1 Å². The Kier molecular flexibility index (Phi) is 7.80. The van der Waals surface area contributed by atoms with Gasteiger partial charge in [0.25, 0.3) is 0 Å². The van der Waals surface area contributed by atoms with Crippen LogP contribution in [0, 0.1) is 18.7 Å². The van der Waals surface area contributed by atoms with Crippen LogP contribution in [0.3, 0.4) is 0 Å². The first-order chi connectivity index (χ1) is 14.8. The summed E-state index contributed by atoms with van der Waals surface area (Å²) in [6.07, 6.45) is 0.418. The van der Waals surface area contributed by atoms with E-state index in [1.165, 1.54) is 12.1 Å². The summed E-state index contributed by atoms with van der Waals surface area (Å²) in [6, 6.07) is 14.1. The van der Waals surface area contributed by atoms with Crippen LogP contribution in [-0.2, 0) is 16.0 Å². The zero-order chi connectivity index (χ0) is 22.4. The summed E-state index contributed by atoms with van der Waals surface area (Å²) in [5.74, 6) is -0.0185. The number of carbonyl (C=O) groups is 2. The molecule has 5 nitrogen and oxygen atoms in total. The molecule has 1 saturated heterocycles. The Bertz CT molecular complexity index is 890. The SMILES string of the molecule is Cc1ccccc1CC(=O)N1CCN(CC(=O)NC(c2ccc(F)cc2)C(C)C)CC1. The van der Waals surface area contributed by atoms with Gasteiger partial charge in [0.1, 0.15) is 5.82 Å². The predicted octanol–water partition coefficient (Wildman–Crippen LogP) is 3.33. The molecule has 2 amide bonds. The van der Waals surface area contributed by atoms with Crippen LogP contribution in [-0.4, -0.2) is 54.3 Å². The lowest BCUT2D eigenvalue weighted by molar-refractivity contribution is -0.132. The van der Waals surface area contributed by atoms with Crippen molar-refractivity contribution >= 4 is 11.8 Å². The van der Waals surface area contributed by atoms with Gasteiger partial charge in [0.05, 0.1) is 19.0 Å². The van der Waals surface area contributed by atoms with Crippen molar-refractivity contribution in [2.45, 2.75) is 33.2 Å². The molecule has 2 aromatic carbocycles. The van der Waals surface area contributed by atoms with Crippen molar-refractivity contribution in [3.05, 3.63) is 71.0 Å². The van der Waals surface area contributed by atoms with E-state index in [1.54, 1.807) is 12.1 Å². The fraction of sp³-hybridized carbons (Fsp3) is 0.440. The minimum atomic E-state index is -0.285. The Morgan fingerprint density at radius 3 is 2.26 bits per heavy atom. The molecule has 0 aromatic heterocycles. The highest BCUT2D eigenvalue weighted by molar-refractivity contribution is 5.80. The Morgan fingerprint density at radius 2 is 1.65 bits per heavy atom. The number of amides is 2. The van der Waals surface area contributed by atoms with Crippen LogP contribution in [0.1, 0.15) is 36.6 Å². The zero-order valence-corrected chi connectivity index (χ0v) is 18.6. The number of piperazine rings is 1. The number of hydrogen-bond acceptors (Lipinski definition) is 3. The molecule has 1 unspecified atom stereocenters. The normalized spacial score (nSPS) is 15.7. The fourth-order valence-electron chi connectivity index (χ4n) is 3.97. The number of benzene rings is 2. The van der Waals surface area contributed by atoms with Gasteiger partial charge in [-0.1, -0.05) is 50.2 Å². The van der Waals surface area contributed by atoms with Crippen molar-refractivity contribution in [2.75, 3.05) is 32.7 Å². The second kappa shape index (κ2) is 10.5. The molecule has 0 saturated carbocycles. The van der Waals surface area contributed by atoms with Gasteiger partial charge in [0.2, 0.25) is 11.8 Å². The molecule has 31 heavy (non-hydrogen) atoms. The fourth-order valence-corrected chi connectivity index (χ4v) is 3.97. The van der Waals surface area contributed by atoms with E-state index in [1.807, 2.05) is 49.9 Å². The minimum Gasteiger partial charge on any atom is -0.348 e. The smallest absolute Gasteiger partial charge is 0.234 e. The molecular formula is C25H32FN3O2. The highest BCUT2D eigenvalue weighted by atomic mass is 19.1. The Morgan fingerprint density at radius 1 is 1.00 bits per heavy atom. The van der Waals surface area contributed by atoms with Gasteiger partial charge in [0.15, 0.2) is 0 Å². The van der Waals surface area contributed by atoms with Crippen molar-refractivity contribution in [1.82, 2.24) is 15.1 Å². The van der Waals surface area contributed by atoms with Gasteiger partial charge in [-0.25, -0.2) is 4.39 Å². The van der Waals surface area contributed by atoms with E-state index in [9.17, 15) is 14.0 Å². The topological polar surface area (TPSA) is 52.7 Å². The maximum Gasteiger partial charge on any atom is 0.234 e. The van der Waals surface area contributed by atoms with Crippen molar-refractivity contribution < 1.29 is 14.0 Å². The van der Waals surface area contributed by atoms with E-state index < -0.39 is 0 Å². The Balaban J connectivity index is 1.48. The number of hydrogen-bond donors (Lipinski definition) is 1. The van der Waals surface area contributed by atoms with Crippen LogP contribution < -0.4 is 5.32 Å². The average Bonchev–Trinajstić information content (AvgIpc) is 2.75. The number of halogens is 1. The highest BCUT2D eigenvalue weighted by Gasteiger charge is 2.24. The molecule has 0 aliphatic carbocycles. The monoisotopic (exact) mass is 425 g/mol. The van der Waals surface area contributed by atoms with E-state index >= 15 is 0 Å². The third kappa shape index (κ3) is 6.37. The number of aryl methyl sites for hydroxylation is 1. The lowest BCUT2D eigenvalue weighted by Crippen LogP contribution is -2.51. The number of carbonyl (C=O) groups excluding carboxylic acids is 2. The van der Waals surface area contributed by atoms with Gasteiger partial charge in [-0.2, -0.15) is 0 Å². The van der Waals surface area contributed by atoms with Gasteiger partial charge >= 0.3 is 0 Å².